The molecule has 3 rings (SSSR count). The van der Waals surface area contributed by atoms with Crippen molar-refractivity contribution in [2.24, 2.45) is 28.8 Å². The van der Waals surface area contributed by atoms with Crippen LogP contribution >= 0.6 is 35.1 Å². The average Bonchev–Trinajstić information content (AvgIpc) is 2.73. The van der Waals surface area contributed by atoms with Gasteiger partial charge in [-0.2, -0.15) is 0 Å². The van der Waals surface area contributed by atoms with Crippen LogP contribution in [-0.4, -0.2) is 53.1 Å². The number of allylic oxidation sites excluding steroid dienone is 2. The molecule has 3 nitrogen and oxygen atoms in total. The van der Waals surface area contributed by atoms with Gasteiger partial charge in [-0.15, -0.1) is 23.2 Å². The average molecular weight is 463 g/mol. The largest absolute Gasteiger partial charge is 0.312 e. The molecule has 0 radical (unpaired) electrons. The van der Waals surface area contributed by atoms with E-state index in [1.165, 1.54) is 57.3 Å². The Morgan fingerprint density at radius 1 is 1.07 bits per heavy atom. The molecule has 2 aliphatic carbocycles. The van der Waals surface area contributed by atoms with E-state index >= 15 is 0 Å². The monoisotopic (exact) mass is 461 g/mol. The molecule has 6 heteroatoms. The van der Waals surface area contributed by atoms with E-state index in [0.29, 0.717) is 23.1 Å². The van der Waals surface area contributed by atoms with Crippen LogP contribution in [0.4, 0.5) is 0 Å². The fourth-order valence-electron chi connectivity index (χ4n) is 5.37. The second kappa shape index (κ2) is 12.0. The first-order valence-corrected chi connectivity index (χ1v) is 13.6. The van der Waals surface area contributed by atoms with Crippen LogP contribution in [0.25, 0.3) is 0 Å². The quantitative estimate of drug-likeness (QED) is 0.293. The van der Waals surface area contributed by atoms with E-state index in [4.69, 9.17) is 28.3 Å². The molecule has 0 aromatic heterocycles. The molecule has 5 unspecified atom stereocenters. The number of nitrogens with two attached hydrogens (primary N) is 1. The summed E-state index contributed by atoms with van der Waals surface area (Å²) in [7, 11) is 0. The summed E-state index contributed by atoms with van der Waals surface area (Å²) < 4.78 is 0. The molecular weight excluding hydrogens is 421 g/mol. The van der Waals surface area contributed by atoms with Crippen molar-refractivity contribution in [2.75, 3.05) is 26.2 Å². The highest BCUT2D eigenvalue weighted by Gasteiger charge is 2.31. The predicted octanol–water partition coefficient (Wildman–Crippen LogP) is 5.27. The van der Waals surface area contributed by atoms with E-state index in [1.807, 2.05) is 0 Å². The normalized spacial score (nSPS) is 35.9. The van der Waals surface area contributed by atoms with Crippen molar-refractivity contribution in [1.82, 2.24) is 10.2 Å². The van der Waals surface area contributed by atoms with Gasteiger partial charge < -0.3 is 10.2 Å². The van der Waals surface area contributed by atoms with Gasteiger partial charge in [-0.1, -0.05) is 37.9 Å². The minimum absolute atomic E-state index is 0.248. The lowest BCUT2D eigenvalue weighted by Crippen LogP contribution is -2.49. The fraction of sp³-hybridized carbons (Fsp3) is 0.913. The van der Waals surface area contributed by atoms with Crippen LogP contribution in [0.3, 0.4) is 0 Å². The zero-order valence-electron chi connectivity index (χ0n) is 18.2. The maximum atomic E-state index is 6.43. The van der Waals surface area contributed by atoms with E-state index in [1.54, 1.807) is 0 Å². The molecule has 0 amide bonds. The third kappa shape index (κ3) is 7.29. The maximum Gasteiger partial charge on any atom is 0.0516 e. The molecule has 0 aromatic carbocycles. The number of nitrogens with zero attached hydrogens (tertiary/aromatic N) is 1. The fourth-order valence-corrected chi connectivity index (χ4v) is 6.68. The minimum Gasteiger partial charge on any atom is -0.312 e. The van der Waals surface area contributed by atoms with Crippen LogP contribution < -0.4 is 10.5 Å². The van der Waals surface area contributed by atoms with Gasteiger partial charge in [0.2, 0.25) is 0 Å². The number of nitrogens with one attached hydrogen (secondary N) is 1. The Morgan fingerprint density at radius 3 is 2.45 bits per heavy atom. The lowest BCUT2D eigenvalue weighted by Gasteiger charge is -2.39. The van der Waals surface area contributed by atoms with E-state index in [0.717, 1.165) is 37.6 Å². The van der Waals surface area contributed by atoms with Crippen molar-refractivity contribution in [2.45, 2.75) is 80.8 Å². The zero-order chi connectivity index (χ0) is 20.8. The summed E-state index contributed by atoms with van der Waals surface area (Å²) in [6.45, 7) is 9.48. The van der Waals surface area contributed by atoms with Gasteiger partial charge in [-0.3, -0.25) is 5.14 Å². The molecule has 3 aliphatic rings. The molecule has 0 aromatic rings. The number of rotatable bonds is 8. The standard InChI is InChI=1S/C23H41Cl2N3S/c1-16(2)22(27-14-17-3-8-21(25)23(13-17)29-26)15-28-11-9-19(10-12-28)18-4-6-20(24)7-5-18/h4,6,16-23,27H,3,5,7-15,26H2,1-2H3/t17?,18?,20?,21?,22-,23?/m0/s1. The molecule has 1 saturated heterocycles. The van der Waals surface area contributed by atoms with Crippen molar-refractivity contribution >= 4 is 35.1 Å². The van der Waals surface area contributed by atoms with Crippen molar-refractivity contribution < 1.29 is 0 Å². The molecule has 1 heterocycles. The number of alkyl halides is 2. The Balaban J connectivity index is 1.41. The highest BCUT2D eigenvalue weighted by atomic mass is 35.5. The van der Waals surface area contributed by atoms with Crippen LogP contribution in [0, 0.1) is 23.7 Å². The van der Waals surface area contributed by atoms with Crippen LogP contribution in [0.5, 0.6) is 0 Å². The molecule has 3 N–H and O–H groups in total. The van der Waals surface area contributed by atoms with Crippen molar-refractivity contribution in [3.63, 3.8) is 0 Å². The number of hydrogen-bond donors (Lipinski definition) is 2. The summed E-state index contributed by atoms with van der Waals surface area (Å²) in [5.41, 5.74) is 0. The predicted molar refractivity (Wildman–Crippen MR) is 130 cm³/mol. The second-order valence-electron chi connectivity index (χ2n) is 9.91. The van der Waals surface area contributed by atoms with Crippen LogP contribution in [0.15, 0.2) is 12.2 Å². The first-order valence-electron chi connectivity index (χ1n) is 11.7. The molecule has 2 fully saturated rings. The SMILES string of the molecule is CC(C)[C@H](CN1CCC(C2C=CC(Cl)CC2)CC1)NCC1CCC(Cl)C(SN)C1. The molecule has 168 valence electrons. The highest BCUT2D eigenvalue weighted by Crippen LogP contribution is 2.34. The van der Waals surface area contributed by atoms with Crippen molar-refractivity contribution in [3.8, 4) is 0 Å². The first kappa shape index (κ1) is 24.2. The Hall–Kier alpha value is 0.550. The van der Waals surface area contributed by atoms with Gasteiger partial charge in [-0.25, -0.2) is 0 Å². The summed E-state index contributed by atoms with van der Waals surface area (Å²) in [6, 6.07) is 0.566. The van der Waals surface area contributed by atoms with Gasteiger partial charge >= 0.3 is 0 Å². The molecule has 0 bridgehead atoms. The van der Waals surface area contributed by atoms with E-state index in [9.17, 15) is 0 Å². The summed E-state index contributed by atoms with van der Waals surface area (Å²) in [4.78, 5) is 2.69. The number of hydrogen-bond acceptors (Lipinski definition) is 4. The molecule has 1 saturated carbocycles. The molecule has 0 spiro atoms. The van der Waals surface area contributed by atoms with Gasteiger partial charge in [0.1, 0.15) is 0 Å². The lowest BCUT2D eigenvalue weighted by molar-refractivity contribution is 0.133. The number of halogens is 2. The lowest BCUT2D eigenvalue weighted by atomic mass is 9.79. The van der Waals surface area contributed by atoms with Gasteiger partial charge in [0.15, 0.2) is 0 Å². The summed E-state index contributed by atoms with van der Waals surface area (Å²) in [5, 5.41) is 10.7. The third-order valence-electron chi connectivity index (χ3n) is 7.50. The number of piperidine rings is 1. The molecule has 29 heavy (non-hydrogen) atoms. The molecule has 1 aliphatic heterocycles. The van der Waals surface area contributed by atoms with Crippen molar-refractivity contribution in [3.05, 3.63) is 12.2 Å². The molecule has 6 atom stereocenters. The maximum absolute atomic E-state index is 6.43. The Labute approximate surface area is 193 Å². The van der Waals surface area contributed by atoms with Crippen LogP contribution in [-0.2, 0) is 0 Å². The van der Waals surface area contributed by atoms with Crippen LogP contribution in [0.1, 0.15) is 58.8 Å². The van der Waals surface area contributed by atoms with E-state index < -0.39 is 0 Å². The smallest absolute Gasteiger partial charge is 0.0516 e. The Bertz CT molecular complexity index is 510. The van der Waals surface area contributed by atoms with Gasteiger partial charge in [0.25, 0.3) is 0 Å². The Kier molecular flexibility index (Phi) is 9.99. The zero-order valence-corrected chi connectivity index (χ0v) is 20.6. The summed E-state index contributed by atoms with van der Waals surface area (Å²) in [5.74, 6) is 2.98. The number of likely N-dealkylation sites (tertiary alicyclic amines) is 1. The topological polar surface area (TPSA) is 41.3 Å². The van der Waals surface area contributed by atoms with Crippen LogP contribution in [0.2, 0.25) is 0 Å². The molecular formula is C23H41Cl2N3S. The van der Waals surface area contributed by atoms with Gasteiger partial charge in [0.05, 0.1) is 5.38 Å². The minimum atomic E-state index is 0.248. The highest BCUT2D eigenvalue weighted by molar-refractivity contribution is 7.97. The van der Waals surface area contributed by atoms with Gasteiger partial charge in [0, 0.05) is 23.2 Å². The van der Waals surface area contributed by atoms with Gasteiger partial charge in [-0.05, 0) is 88.3 Å². The van der Waals surface area contributed by atoms with E-state index in [2.05, 4.69) is 36.2 Å². The first-order chi connectivity index (χ1) is 14.0. The van der Waals surface area contributed by atoms with Crippen molar-refractivity contribution in [1.29, 1.82) is 0 Å². The summed E-state index contributed by atoms with van der Waals surface area (Å²) >= 11 is 14.1. The summed E-state index contributed by atoms with van der Waals surface area (Å²) in [6.07, 6.45) is 13.2. The Morgan fingerprint density at radius 2 is 1.83 bits per heavy atom. The third-order valence-corrected chi connectivity index (χ3v) is 9.41. The second-order valence-corrected chi connectivity index (χ2v) is 11.9. The van der Waals surface area contributed by atoms with E-state index in [-0.39, 0.29) is 10.8 Å².